The molecule has 29 heavy (non-hydrogen) atoms. The van der Waals surface area contributed by atoms with Crippen LogP contribution in [0.25, 0.3) is 0 Å². The molecule has 0 unspecified atom stereocenters. The lowest BCUT2D eigenvalue weighted by Crippen LogP contribution is -2.16. The topological polar surface area (TPSA) is 51.2 Å². The highest BCUT2D eigenvalue weighted by Crippen LogP contribution is 2.35. The molecule has 0 spiro atoms. The standard InChI is InChI=1S/C24H24N2O2S/c1-24(2,3)18-12-7-8-14-21(18)28-23-19(13-9-15-25-23)26-22(29)16-20(27)17-10-5-4-6-11-17/h4-15H,16H2,1-3H3,(H,26,29). The van der Waals surface area contributed by atoms with Gasteiger partial charge < -0.3 is 10.1 Å². The highest BCUT2D eigenvalue weighted by atomic mass is 32.1. The number of carbonyl (C=O) groups excluding carboxylic acids is 1. The molecule has 0 amide bonds. The van der Waals surface area contributed by atoms with Gasteiger partial charge in [0.05, 0.1) is 11.4 Å². The summed E-state index contributed by atoms with van der Waals surface area (Å²) in [6, 6.07) is 20.7. The smallest absolute Gasteiger partial charge is 0.243 e. The number of thiocarbonyl (C=S) groups is 1. The van der Waals surface area contributed by atoms with Gasteiger partial charge in [0.15, 0.2) is 5.78 Å². The summed E-state index contributed by atoms with van der Waals surface area (Å²) in [7, 11) is 0. The van der Waals surface area contributed by atoms with Crippen LogP contribution in [0, 0.1) is 0 Å². The van der Waals surface area contributed by atoms with E-state index in [0.717, 1.165) is 11.3 Å². The first-order chi connectivity index (χ1) is 13.8. The number of benzene rings is 2. The summed E-state index contributed by atoms with van der Waals surface area (Å²) in [5.74, 6) is 1.12. The van der Waals surface area contributed by atoms with Crippen LogP contribution in [0.1, 0.15) is 43.1 Å². The molecule has 0 fully saturated rings. The van der Waals surface area contributed by atoms with Crippen molar-refractivity contribution in [3.8, 4) is 11.6 Å². The molecule has 3 rings (SSSR count). The van der Waals surface area contributed by atoms with E-state index < -0.39 is 0 Å². The third-order valence-electron chi connectivity index (χ3n) is 4.36. The van der Waals surface area contributed by atoms with E-state index >= 15 is 0 Å². The molecule has 0 bridgehead atoms. The van der Waals surface area contributed by atoms with Crippen molar-refractivity contribution in [1.29, 1.82) is 0 Å². The second-order valence-corrected chi connectivity index (χ2v) is 8.21. The lowest BCUT2D eigenvalue weighted by Gasteiger charge is -2.22. The number of para-hydroxylation sites is 1. The Morgan fingerprint density at radius 3 is 2.41 bits per heavy atom. The fraction of sp³-hybridized carbons (Fsp3) is 0.208. The molecule has 0 saturated heterocycles. The summed E-state index contributed by atoms with van der Waals surface area (Å²) in [6.45, 7) is 6.41. The minimum absolute atomic E-state index is 0.0347. The van der Waals surface area contributed by atoms with E-state index in [2.05, 4.69) is 37.1 Å². The number of carbonyl (C=O) groups is 1. The molecule has 1 heterocycles. The summed E-state index contributed by atoms with van der Waals surface area (Å²) in [4.78, 5) is 17.2. The first kappa shape index (κ1) is 20.7. The maximum absolute atomic E-state index is 12.4. The van der Waals surface area contributed by atoms with Crippen LogP contribution >= 0.6 is 12.2 Å². The summed E-state index contributed by atoms with van der Waals surface area (Å²) in [5, 5.41) is 3.11. The lowest BCUT2D eigenvalue weighted by atomic mass is 9.86. The van der Waals surface area contributed by atoms with Crippen molar-refractivity contribution in [2.75, 3.05) is 5.32 Å². The molecule has 1 N–H and O–H groups in total. The SMILES string of the molecule is CC(C)(C)c1ccccc1Oc1ncccc1NC(=S)CC(=O)c1ccccc1. The van der Waals surface area contributed by atoms with Gasteiger partial charge in [-0.25, -0.2) is 4.98 Å². The van der Waals surface area contributed by atoms with E-state index in [1.165, 1.54) is 0 Å². The quantitative estimate of drug-likeness (QED) is 0.392. The van der Waals surface area contributed by atoms with Gasteiger partial charge in [-0.2, -0.15) is 0 Å². The normalized spacial score (nSPS) is 11.0. The molecule has 4 nitrogen and oxygen atoms in total. The van der Waals surface area contributed by atoms with Gasteiger partial charge in [0.1, 0.15) is 11.4 Å². The Labute approximate surface area is 177 Å². The molecule has 148 valence electrons. The van der Waals surface area contributed by atoms with E-state index in [4.69, 9.17) is 17.0 Å². The Morgan fingerprint density at radius 1 is 1.00 bits per heavy atom. The molecule has 3 aromatic rings. The fourth-order valence-electron chi connectivity index (χ4n) is 2.91. The summed E-state index contributed by atoms with van der Waals surface area (Å²) >= 11 is 5.41. The zero-order valence-corrected chi connectivity index (χ0v) is 17.6. The maximum Gasteiger partial charge on any atom is 0.243 e. The van der Waals surface area contributed by atoms with Gasteiger partial charge in [-0.1, -0.05) is 81.5 Å². The average molecular weight is 405 g/mol. The van der Waals surface area contributed by atoms with Gasteiger partial charge in [-0.05, 0) is 23.6 Å². The number of pyridine rings is 1. The zero-order chi connectivity index (χ0) is 20.9. The third-order valence-corrected chi connectivity index (χ3v) is 4.61. The van der Waals surface area contributed by atoms with Crippen LogP contribution in [0.2, 0.25) is 0 Å². The van der Waals surface area contributed by atoms with Crippen molar-refractivity contribution in [2.24, 2.45) is 0 Å². The molecule has 1 aromatic heterocycles. The fourth-order valence-corrected chi connectivity index (χ4v) is 3.15. The van der Waals surface area contributed by atoms with E-state index in [1.807, 2.05) is 42.5 Å². The molecular formula is C24H24N2O2S. The number of rotatable bonds is 6. The Morgan fingerprint density at radius 2 is 1.69 bits per heavy atom. The Hall–Kier alpha value is -3.05. The van der Waals surface area contributed by atoms with Crippen molar-refractivity contribution in [3.05, 3.63) is 84.1 Å². The molecule has 0 atom stereocenters. The number of ether oxygens (including phenoxy) is 1. The van der Waals surface area contributed by atoms with Crippen molar-refractivity contribution in [3.63, 3.8) is 0 Å². The van der Waals surface area contributed by atoms with Crippen molar-refractivity contribution >= 4 is 28.7 Å². The van der Waals surface area contributed by atoms with Gasteiger partial charge in [-0.3, -0.25) is 4.79 Å². The highest BCUT2D eigenvalue weighted by molar-refractivity contribution is 7.80. The number of nitrogens with zero attached hydrogens (tertiary/aromatic N) is 1. The summed E-state index contributed by atoms with van der Waals surface area (Å²) in [6.07, 6.45) is 1.78. The van der Waals surface area contributed by atoms with E-state index in [9.17, 15) is 4.79 Å². The first-order valence-electron chi connectivity index (χ1n) is 9.45. The number of hydrogen-bond acceptors (Lipinski definition) is 4. The van der Waals surface area contributed by atoms with Gasteiger partial charge in [0, 0.05) is 17.3 Å². The minimum Gasteiger partial charge on any atom is -0.437 e. The molecule has 5 heteroatoms. The number of aromatic nitrogens is 1. The minimum atomic E-state index is -0.0730. The molecular weight excluding hydrogens is 380 g/mol. The molecule has 0 saturated carbocycles. The average Bonchev–Trinajstić information content (AvgIpc) is 2.69. The van der Waals surface area contributed by atoms with Gasteiger partial charge in [0.2, 0.25) is 5.88 Å². The van der Waals surface area contributed by atoms with Crippen molar-refractivity contribution in [2.45, 2.75) is 32.6 Å². The lowest BCUT2D eigenvalue weighted by molar-refractivity contribution is 0.100. The van der Waals surface area contributed by atoms with Crippen LogP contribution in [0.15, 0.2) is 72.9 Å². The van der Waals surface area contributed by atoms with E-state index in [1.54, 1.807) is 24.4 Å². The van der Waals surface area contributed by atoms with Crippen LogP contribution in [-0.4, -0.2) is 15.8 Å². The highest BCUT2D eigenvalue weighted by Gasteiger charge is 2.20. The van der Waals surface area contributed by atoms with Crippen LogP contribution in [0.4, 0.5) is 5.69 Å². The van der Waals surface area contributed by atoms with Gasteiger partial charge in [-0.15, -0.1) is 0 Å². The Kier molecular flexibility index (Phi) is 6.39. The Balaban J connectivity index is 1.76. The van der Waals surface area contributed by atoms with Crippen LogP contribution in [0.3, 0.4) is 0 Å². The monoisotopic (exact) mass is 404 g/mol. The third kappa shape index (κ3) is 5.48. The molecule has 0 aliphatic rings. The predicted octanol–water partition coefficient (Wildman–Crippen LogP) is 6.18. The second-order valence-electron chi connectivity index (χ2n) is 7.72. The van der Waals surface area contributed by atoms with Crippen LogP contribution in [0.5, 0.6) is 11.6 Å². The van der Waals surface area contributed by atoms with Crippen LogP contribution < -0.4 is 10.1 Å². The second kappa shape index (κ2) is 8.97. The number of hydrogen-bond donors (Lipinski definition) is 1. The maximum atomic E-state index is 12.4. The van der Waals surface area contributed by atoms with Crippen molar-refractivity contribution in [1.82, 2.24) is 4.98 Å². The van der Waals surface area contributed by atoms with Gasteiger partial charge >= 0.3 is 0 Å². The summed E-state index contributed by atoms with van der Waals surface area (Å²) < 4.78 is 6.14. The zero-order valence-electron chi connectivity index (χ0n) is 16.8. The molecule has 0 aliphatic carbocycles. The van der Waals surface area contributed by atoms with E-state index in [-0.39, 0.29) is 17.6 Å². The molecule has 0 aliphatic heterocycles. The van der Waals surface area contributed by atoms with E-state index in [0.29, 0.717) is 22.1 Å². The molecule has 2 aromatic carbocycles. The largest absolute Gasteiger partial charge is 0.437 e. The van der Waals surface area contributed by atoms with Crippen molar-refractivity contribution < 1.29 is 9.53 Å². The molecule has 0 radical (unpaired) electrons. The first-order valence-corrected chi connectivity index (χ1v) is 9.86. The number of ketones is 1. The number of anilines is 1. The summed E-state index contributed by atoms with van der Waals surface area (Å²) in [5.41, 5.74) is 2.27. The number of Topliss-reactive ketones (excluding diaryl/α,β-unsaturated/α-hetero) is 1. The van der Waals surface area contributed by atoms with Crippen LogP contribution in [-0.2, 0) is 5.41 Å². The Bertz CT molecular complexity index is 1010. The number of nitrogens with one attached hydrogen (secondary N) is 1. The predicted molar refractivity (Wildman–Crippen MR) is 121 cm³/mol. The van der Waals surface area contributed by atoms with Gasteiger partial charge in [0.25, 0.3) is 0 Å².